The van der Waals surface area contributed by atoms with Crippen molar-refractivity contribution < 1.29 is 19.3 Å². The summed E-state index contributed by atoms with van der Waals surface area (Å²) in [7, 11) is 0. The van der Waals surface area contributed by atoms with Crippen LogP contribution in [0.3, 0.4) is 0 Å². The summed E-state index contributed by atoms with van der Waals surface area (Å²) in [5.41, 5.74) is 5.65. The zero-order valence-corrected chi connectivity index (χ0v) is 13.2. The fourth-order valence-corrected chi connectivity index (χ4v) is 3.38. The van der Waals surface area contributed by atoms with E-state index in [2.05, 4.69) is 14.9 Å². The van der Waals surface area contributed by atoms with Gasteiger partial charge in [0.15, 0.2) is 24.3 Å². The van der Waals surface area contributed by atoms with E-state index in [4.69, 9.17) is 26.5 Å². The third-order valence-electron chi connectivity index (χ3n) is 4.42. The highest BCUT2D eigenvalue weighted by atomic mass is 16.8. The van der Waals surface area contributed by atoms with E-state index in [0.717, 1.165) is 0 Å². The van der Waals surface area contributed by atoms with Gasteiger partial charge in [-0.3, -0.25) is 9.58 Å². The summed E-state index contributed by atoms with van der Waals surface area (Å²) < 4.78 is 19.3. The maximum atomic E-state index is 9.78. The first-order valence-electron chi connectivity index (χ1n) is 7.52. The highest BCUT2D eigenvalue weighted by Gasteiger charge is 2.68. The van der Waals surface area contributed by atoms with E-state index in [1.54, 1.807) is 30.5 Å². The molecule has 0 radical (unpaired) electrons. The Kier molecular flexibility index (Phi) is 3.10. The van der Waals surface area contributed by atoms with Gasteiger partial charge in [0.25, 0.3) is 0 Å². The number of fused-ring (bicyclic) bond motifs is 2. The van der Waals surface area contributed by atoms with E-state index in [9.17, 15) is 5.11 Å². The van der Waals surface area contributed by atoms with Crippen molar-refractivity contribution in [2.24, 2.45) is 0 Å². The smallest absolute Gasteiger partial charge is 0.385 e. The Bertz CT molecular complexity index is 844. The molecule has 9 nitrogen and oxygen atoms in total. The van der Waals surface area contributed by atoms with Gasteiger partial charge in [0.1, 0.15) is 24.1 Å². The largest absolute Gasteiger partial charge is 0.389 e. The molecule has 2 aliphatic rings. The molecule has 0 aromatic carbocycles. The van der Waals surface area contributed by atoms with Crippen molar-refractivity contribution in [3.63, 3.8) is 0 Å². The number of nitrogens with two attached hydrogens (primary N) is 1. The lowest BCUT2D eigenvalue weighted by molar-refractivity contribution is -0.207. The second-order valence-electron chi connectivity index (χ2n) is 6.37. The second-order valence-corrected chi connectivity index (χ2v) is 6.37. The molecule has 2 aliphatic heterocycles. The Morgan fingerprint density at radius 3 is 2.88 bits per heavy atom. The summed E-state index contributed by atoms with van der Waals surface area (Å²) in [4.78, 5) is 7.47. The lowest BCUT2D eigenvalue weighted by Crippen LogP contribution is -2.43. The molecule has 2 aromatic heterocycles. The third kappa shape index (κ3) is 1.94. The lowest BCUT2D eigenvalue weighted by atomic mass is 10.0. The van der Waals surface area contributed by atoms with Crippen LogP contribution in [0.5, 0.6) is 0 Å². The van der Waals surface area contributed by atoms with Gasteiger partial charge in [0, 0.05) is 0 Å². The van der Waals surface area contributed by atoms with E-state index in [-0.39, 0.29) is 0 Å². The molecule has 2 saturated heterocycles. The molecule has 4 atom stereocenters. The Balaban J connectivity index is 1.83. The molecule has 0 spiro atoms. The van der Waals surface area contributed by atoms with Crippen LogP contribution in [0, 0.1) is 6.57 Å². The van der Waals surface area contributed by atoms with Crippen molar-refractivity contribution >= 4 is 11.3 Å². The van der Waals surface area contributed by atoms with E-state index >= 15 is 0 Å². The molecule has 24 heavy (non-hydrogen) atoms. The normalized spacial score (nSPS) is 34.3. The molecular weight excluding hydrogens is 314 g/mol. The summed E-state index contributed by atoms with van der Waals surface area (Å²) in [6, 6.07) is 3.58. The molecule has 4 heterocycles. The molecular formula is C15H17N5O4. The topological polar surface area (TPSA) is 108 Å². The summed E-state index contributed by atoms with van der Waals surface area (Å²) in [6.45, 7) is 10.5. The molecule has 2 aromatic rings. The van der Waals surface area contributed by atoms with Crippen molar-refractivity contribution in [1.29, 1.82) is 0 Å². The number of anilines is 1. The summed E-state index contributed by atoms with van der Waals surface area (Å²) in [6.07, 6.45) is -0.530. The standard InChI is InChI=1S/C15H17N5O4/c1-14(2)22-11-10(23-15(6-21,17-3)12(11)24-14)8-4-5-9-13(16)18-7-19-20(8)9/h4-5,7,10-12,21H,6H2,1-2H3,(H2,16,18,19)/t10-,11-,12-,15+/m0/s1. The van der Waals surface area contributed by atoms with E-state index in [1.165, 1.54) is 6.33 Å². The predicted molar refractivity (Wildman–Crippen MR) is 81.5 cm³/mol. The van der Waals surface area contributed by atoms with Crippen LogP contribution in [0.2, 0.25) is 0 Å². The van der Waals surface area contributed by atoms with Crippen molar-refractivity contribution in [2.75, 3.05) is 12.3 Å². The van der Waals surface area contributed by atoms with Crippen LogP contribution in [-0.2, 0) is 14.2 Å². The molecule has 0 bridgehead atoms. The number of hydrogen-bond donors (Lipinski definition) is 2. The first-order chi connectivity index (χ1) is 11.4. The van der Waals surface area contributed by atoms with Crippen LogP contribution >= 0.6 is 0 Å². The van der Waals surface area contributed by atoms with Gasteiger partial charge in [-0.1, -0.05) is 0 Å². The van der Waals surface area contributed by atoms with Gasteiger partial charge in [-0.25, -0.2) is 16.1 Å². The third-order valence-corrected chi connectivity index (χ3v) is 4.42. The maximum absolute atomic E-state index is 9.78. The number of ether oxygens (including phenoxy) is 3. The van der Waals surface area contributed by atoms with Crippen LogP contribution in [0.4, 0.5) is 5.82 Å². The molecule has 126 valence electrons. The molecule has 0 aliphatic carbocycles. The molecule has 0 amide bonds. The molecule has 0 unspecified atom stereocenters. The fourth-order valence-electron chi connectivity index (χ4n) is 3.38. The average Bonchev–Trinajstić information content (AvgIpc) is 3.18. The van der Waals surface area contributed by atoms with Gasteiger partial charge in [0.05, 0.1) is 5.69 Å². The molecule has 2 fully saturated rings. The highest BCUT2D eigenvalue weighted by Crippen LogP contribution is 2.50. The minimum atomic E-state index is -1.51. The molecule has 9 heteroatoms. The zero-order chi connectivity index (χ0) is 17.1. The monoisotopic (exact) mass is 331 g/mol. The number of aromatic nitrogens is 3. The quantitative estimate of drug-likeness (QED) is 0.772. The minimum absolute atomic E-state index is 0.341. The van der Waals surface area contributed by atoms with Crippen molar-refractivity contribution in [1.82, 2.24) is 14.6 Å². The SMILES string of the molecule is [C-]#[N+][C@]1(CO)O[C@@H](c2ccc3c(N)ncnn23)[C@@H]2OC(C)(C)O[C@@H]21. The highest BCUT2D eigenvalue weighted by molar-refractivity contribution is 5.65. The number of aliphatic hydroxyl groups is 1. The number of hydrogen-bond acceptors (Lipinski definition) is 7. The molecule has 3 N–H and O–H groups in total. The van der Waals surface area contributed by atoms with Crippen molar-refractivity contribution in [2.45, 2.75) is 43.7 Å². The van der Waals surface area contributed by atoms with Gasteiger partial charge in [-0.2, -0.15) is 5.10 Å². The predicted octanol–water partition coefficient (Wildman–Crippen LogP) is 0.511. The Morgan fingerprint density at radius 1 is 1.38 bits per heavy atom. The minimum Gasteiger partial charge on any atom is -0.385 e. The van der Waals surface area contributed by atoms with Crippen molar-refractivity contribution in [3.8, 4) is 0 Å². The number of rotatable bonds is 2. The van der Waals surface area contributed by atoms with Crippen molar-refractivity contribution in [3.05, 3.63) is 35.6 Å². The van der Waals surface area contributed by atoms with E-state index < -0.39 is 36.4 Å². The first kappa shape index (κ1) is 15.3. The Hall–Kier alpha value is -2.25. The number of aliphatic hydroxyl groups excluding tert-OH is 1. The van der Waals surface area contributed by atoms with E-state index in [0.29, 0.717) is 17.0 Å². The second kappa shape index (κ2) is 4.87. The van der Waals surface area contributed by atoms with Gasteiger partial charge in [-0.05, 0) is 26.0 Å². The Morgan fingerprint density at radius 2 is 2.17 bits per heavy atom. The van der Waals surface area contributed by atoms with Crippen LogP contribution in [0.1, 0.15) is 25.6 Å². The van der Waals surface area contributed by atoms with Crippen LogP contribution in [-0.4, -0.2) is 50.0 Å². The zero-order valence-electron chi connectivity index (χ0n) is 13.2. The average molecular weight is 331 g/mol. The first-order valence-corrected chi connectivity index (χ1v) is 7.52. The van der Waals surface area contributed by atoms with Gasteiger partial charge in [-0.15, -0.1) is 0 Å². The van der Waals surface area contributed by atoms with Crippen LogP contribution in [0.25, 0.3) is 10.4 Å². The molecule has 4 rings (SSSR count). The van der Waals surface area contributed by atoms with Gasteiger partial charge in [0.2, 0.25) is 0 Å². The Labute approximate surface area is 137 Å². The summed E-state index contributed by atoms with van der Waals surface area (Å²) in [5.74, 6) is -0.530. The van der Waals surface area contributed by atoms with Gasteiger partial charge < -0.3 is 20.3 Å². The van der Waals surface area contributed by atoms with E-state index in [1.807, 2.05) is 0 Å². The fraction of sp³-hybridized carbons (Fsp3) is 0.533. The van der Waals surface area contributed by atoms with Crippen LogP contribution in [0.15, 0.2) is 18.5 Å². The number of nitrogens with zero attached hydrogens (tertiary/aromatic N) is 4. The molecule has 0 saturated carbocycles. The summed E-state index contributed by atoms with van der Waals surface area (Å²) in [5, 5.41) is 14.0. The van der Waals surface area contributed by atoms with Crippen LogP contribution < -0.4 is 5.73 Å². The van der Waals surface area contributed by atoms with Gasteiger partial charge >= 0.3 is 5.72 Å². The lowest BCUT2D eigenvalue weighted by Gasteiger charge is -2.24. The summed E-state index contributed by atoms with van der Waals surface area (Å²) >= 11 is 0. The maximum Gasteiger partial charge on any atom is 0.389 e. The number of nitrogen functional groups attached to an aromatic ring is 1.